The quantitative estimate of drug-likeness (QED) is 0.928. The number of piperidine rings is 1. The Balaban J connectivity index is 1.79. The number of nitrogens with one attached hydrogen (secondary N) is 1. The van der Waals surface area contributed by atoms with Crippen molar-refractivity contribution in [2.75, 3.05) is 19.7 Å². The van der Waals surface area contributed by atoms with Crippen molar-refractivity contribution in [3.8, 4) is 0 Å². The van der Waals surface area contributed by atoms with E-state index in [1.54, 1.807) is 17.0 Å². The fraction of sp³-hybridized carbons (Fsp3) is 0.562. The average molecular weight is 294 g/mol. The van der Waals surface area contributed by atoms with Crippen LogP contribution in [0.25, 0.3) is 0 Å². The summed E-state index contributed by atoms with van der Waals surface area (Å²) in [6, 6.07) is 5.22. The first-order valence-corrected chi connectivity index (χ1v) is 7.50. The van der Waals surface area contributed by atoms with Crippen LogP contribution in [0.5, 0.6) is 0 Å². The Morgan fingerprint density at radius 1 is 1.43 bits per heavy atom. The van der Waals surface area contributed by atoms with Crippen molar-refractivity contribution >= 4 is 6.09 Å². The highest BCUT2D eigenvalue weighted by atomic mass is 19.1. The molecule has 0 radical (unpaired) electrons. The molecule has 1 aromatic carbocycles. The normalized spacial score (nSPS) is 16.0. The minimum atomic E-state index is -0.225. The van der Waals surface area contributed by atoms with Crippen molar-refractivity contribution in [1.82, 2.24) is 10.2 Å². The molecule has 4 nitrogen and oxygen atoms in total. The van der Waals surface area contributed by atoms with Crippen LogP contribution in [0.3, 0.4) is 0 Å². The molecule has 1 fully saturated rings. The maximum atomic E-state index is 13.2. The van der Waals surface area contributed by atoms with Crippen LogP contribution in [0.1, 0.15) is 30.9 Å². The Morgan fingerprint density at radius 2 is 2.14 bits per heavy atom. The predicted molar refractivity (Wildman–Crippen MR) is 79.6 cm³/mol. The van der Waals surface area contributed by atoms with E-state index in [0.717, 1.165) is 24.0 Å². The van der Waals surface area contributed by atoms with Crippen LogP contribution in [0.2, 0.25) is 0 Å². The lowest BCUT2D eigenvalue weighted by Crippen LogP contribution is -2.44. The van der Waals surface area contributed by atoms with Crippen LogP contribution in [0, 0.1) is 12.7 Å². The zero-order chi connectivity index (χ0) is 15.2. The van der Waals surface area contributed by atoms with E-state index in [0.29, 0.717) is 32.3 Å². The summed E-state index contributed by atoms with van der Waals surface area (Å²) in [5.41, 5.74) is 2.08. The number of hydrogen-bond acceptors (Lipinski definition) is 3. The predicted octanol–water partition coefficient (Wildman–Crippen LogP) is 2.84. The van der Waals surface area contributed by atoms with Gasteiger partial charge in [-0.15, -0.1) is 0 Å². The Kier molecular flexibility index (Phi) is 5.56. The van der Waals surface area contributed by atoms with Gasteiger partial charge in [-0.25, -0.2) is 9.18 Å². The van der Waals surface area contributed by atoms with Crippen molar-refractivity contribution < 1.29 is 13.9 Å². The molecule has 1 N–H and O–H groups in total. The first kappa shape index (κ1) is 15.8. The van der Waals surface area contributed by atoms with E-state index < -0.39 is 0 Å². The lowest BCUT2D eigenvalue weighted by molar-refractivity contribution is 0.0950. The molecule has 5 heteroatoms. The molecular formula is C16H23FN2O2. The summed E-state index contributed by atoms with van der Waals surface area (Å²) in [5, 5.41) is 3.45. The third kappa shape index (κ3) is 4.43. The molecule has 0 bridgehead atoms. The molecule has 0 saturated carbocycles. The van der Waals surface area contributed by atoms with E-state index in [1.807, 2.05) is 13.8 Å². The number of rotatable bonds is 4. The first-order chi connectivity index (χ1) is 10.1. The molecular weight excluding hydrogens is 271 g/mol. The summed E-state index contributed by atoms with van der Waals surface area (Å²) in [6.07, 6.45) is 1.57. The summed E-state index contributed by atoms with van der Waals surface area (Å²) < 4.78 is 18.2. The topological polar surface area (TPSA) is 41.6 Å². The molecule has 0 atom stereocenters. The van der Waals surface area contributed by atoms with Gasteiger partial charge in [-0.1, -0.05) is 6.07 Å². The molecule has 21 heavy (non-hydrogen) atoms. The van der Waals surface area contributed by atoms with Crippen LogP contribution >= 0.6 is 0 Å². The summed E-state index contributed by atoms with van der Waals surface area (Å²) in [6.45, 7) is 6.29. The third-order valence-corrected chi connectivity index (χ3v) is 3.91. The van der Waals surface area contributed by atoms with Crippen molar-refractivity contribution in [3.63, 3.8) is 0 Å². The van der Waals surface area contributed by atoms with E-state index in [-0.39, 0.29) is 11.9 Å². The van der Waals surface area contributed by atoms with E-state index in [9.17, 15) is 9.18 Å². The van der Waals surface area contributed by atoms with Gasteiger partial charge in [0.15, 0.2) is 0 Å². The van der Waals surface area contributed by atoms with Gasteiger partial charge in [0.05, 0.1) is 6.61 Å². The summed E-state index contributed by atoms with van der Waals surface area (Å²) >= 11 is 0. The van der Waals surface area contributed by atoms with Gasteiger partial charge in [0.2, 0.25) is 0 Å². The number of benzene rings is 1. The molecule has 1 saturated heterocycles. The van der Waals surface area contributed by atoms with E-state index in [4.69, 9.17) is 4.74 Å². The molecule has 1 heterocycles. The third-order valence-electron chi connectivity index (χ3n) is 3.91. The number of aryl methyl sites for hydroxylation is 1. The van der Waals surface area contributed by atoms with Crippen LogP contribution in [0.4, 0.5) is 9.18 Å². The number of likely N-dealkylation sites (tertiary alicyclic amines) is 1. The summed E-state index contributed by atoms with van der Waals surface area (Å²) in [7, 11) is 0. The SMILES string of the molecule is CCOC(=O)N1CCC(NCc2cc(F)ccc2C)CC1. The Morgan fingerprint density at radius 3 is 2.81 bits per heavy atom. The summed E-state index contributed by atoms with van der Waals surface area (Å²) in [5.74, 6) is -0.200. The molecule has 1 amide bonds. The number of halogens is 1. The van der Waals surface area contributed by atoms with Crippen LogP contribution in [-0.2, 0) is 11.3 Å². The number of amides is 1. The second-order valence-electron chi connectivity index (χ2n) is 5.41. The molecule has 0 spiro atoms. The highest BCUT2D eigenvalue weighted by Gasteiger charge is 2.23. The number of hydrogen-bond donors (Lipinski definition) is 1. The van der Waals surface area contributed by atoms with E-state index >= 15 is 0 Å². The molecule has 1 aliphatic rings. The molecule has 0 aliphatic carbocycles. The number of ether oxygens (including phenoxy) is 1. The van der Waals surface area contributed by atoms with Gasteiger partial charge in [0.25, 0.3) is 0 Å². The van der Waals surface area contributed by atoms with Crippen molar-refractivity contribution in [1.29, 1.82) is 0 Å². The van der Waals surface area contributed by atoms with Crippen molar-refractivity contribution in [2.45, 2.75) is 39.3 Å². The Hall–Kier alpha value is -1.62. The lowest BCUT2D eigenvalue weighted by atomic mass is 10.0. The zero-order valence-electron chi connectivity index (χ0n) is 12.7. The van der Waals surface area contributed by atoms with Gasteiger partial charge < -0.3 is 15.0 Å². The van der Waals surface area contributed by atoms with Gasteiger partial charge in [-0.05, 0) is 49.9 Å². The molecule has 116 valence electrons. The highest BCUT2D eigenvalue weighted by molar-refractivity contribution is 5.67. The second-order valence-corrected chi connectivity index (χ2v) is 5.41. The number of carbonyl (C=O) groups excluding carboxylic acids is 1. The highest BCUT2D eigenvalue weighted by Crippen LogP contribution is 2.14. The molecule has 0 aromatic heterocycles. The summed E-state index contributed by atoms with van der Waals surface area (Å²) in [4.78, 5) is 13.4. The maximum absolute atomic E-state index is 13.2. The minimum Gasteiger partial charge on any atom is -0.450 e. The lowest BCUT2D eigenvalue weighted by Gasteiger charge is -2.31. The van der Waals surface area contributed by atoms with Gasteiger partial charge in [-0.2, -0.15) is 0 Å². The molecule has 1 aromatic rings. The number of nitrogens with zero attached hydrogens (tertiary/aromatic N) is 1. The maximum Gasteiger partial charge on any atom is 0.409 e. The van der Waals surface area contributed by atoms with E-state index in [1.165, 1.54) is 6.07 Å². The first-order valence-electron chi connectivity index (χ1n) is 7.50. The fourth-order valence-electron chi connectivity index (χ4n) is 2.57. The Labute approximate surface area is 125 Å². The average Bonchev–Trinajstić information content (AvgIpc) is 2.49. The van der Waals surface area contributed by atoms with Crippen LogP contribution < -0.4 is 5.32 Å². The molecule has 2 rings (SSSR count). The van der Waals surface area contributed by atoms with Crippen molar-refractivity contribution in [3.05, 3.63) is 35.1 Å². The van der Waals surface area contributed by atoms with E-state index in [2.05, 4.69) is 5.32 Å². The van der Waals surface area contributed by atoms with Crippen molar-refractivity contribution in [2.24, 2.45) is 0 Å². The zero-order valence-corrected chi connectivity index (χ0v) is 12.7. The Bertz CT molecular complexity index is 485. The fourth-order valence-corrected chi connectivity index (χ4v) is 2.57. The standard InChI is InChI=1S/C16H23FN2O2/c1-3-21-16(20)19-8-6-15(7-9-19)18-11-13-10-14(17)5-4-12(13)2/h4-5,10,15,18H,3,6-9,11H2,1-2H3. The second kappa shape index (κ2) is 7.41. The molecule has 1 aliphatic heterocycles. The van der Waals surface area contributed by atoms with Crippen LogP contribution in [-0.4, -0.2) is 36.7 Å². The number of carbonyl (C=O) groups is 1. The van der Waals surface area contributed by atoms with Gasteiger partial charge in [0.1, 0.15) is 5.82 Å². The molecule has 0 unspecified atom stereocenters. The van der Waals surface area contributed by atoms with Gasteiger partial charge >= 0.3 is 6.09 Å². The van der Waals surface area contributed by atoms with Crippen LogP contribution in [0.15, 0.2) is 18.2 Å². The van der Waals surface area contributed by atoms with Gasteiger partial charge in [0, 0.05) is 25.7 Å². The minimum absolute atomic E-state index is 0.200. The monoisotopic (exact) mass is 294 g/mol. The van der Waals surface area contributed by atoms with Gasteiger partial charge in [-0.3, -0.25) is 0 Å². The largest absolute Gasteiger partial charge is 0.450 e. The smallest absolute Gasteiger partial charge is 0.409 e.